The van der Waals surface area contributed by atoms with Gasteiger partial charge in [0.2, 0.25) is 0 Å². The van der Waals surface area contributed by atoms with Gasteiger partial charge < -0.3 is 0 Å². The van der Waals surface area contributed by atoms with Gasteiger partial charge in [-0.2, -0.15) is 0 Å². The summed E-state index contributed by atoms with van der Waals surface area (Å²) < 4.78 is 1.73. The molecule has 1 heterocycles. The van der Waals surface area contributed by atoms with Crippen molar-refractivity contribution in [2.24, 2.45) is 7.05 Å². The van der Waals surface area contributed by atoms with Crippen LogP contribution in [0.25, 0.3) is 0 Å². The van der Waals surface area contributed by atoms with E-state index in [4.69, 9.17) is 0 Å². The van der Waals surface area contributed by atoms with E-state index in [-0.39, 0.29) is 0 Å². The molecule has 0 saturated heterocycles. The number of aromatic nitrogens is 3. The molecule has 16 heavy (non-hydrogen) atoms. The molecule has 0 saturated carbocycles. The largest absolute Gasteiger partial charge is 0.255 e. The summed E-state index contributed by atoms with van der Waals surface area (Å²) in [5.41, 5.74) is 3.63. The van der Waals surface area contributed by atoms with Gasteiger partial charge in [-0.25, -0.2) is 0 Å². The van der Waals surface area contributed by atoms with Gasteiger partial charge in [0, 0.05) is 13.2 Å². The minimum Gasteiger partial charge on any atom is -0.255 e. The molecule has 3 nitrogen and oxygen atoms in total. The lowest BCUT2D eigenvalue weighted by Crippen LogP contribution is -1.91. The Morgan fingerprint density at radius 1 is 1.56 bits per heavy atom. The third-order valence-electron chi connectivity index (χ3n) is 2.56. The molecule has 3 heteroatoms. The van der Waals surface area contributed by atoms with Crippen LogP contribution in [-0.4, -0.2) is 15.0 Å². The molecular weight excluding hydrogens is 198 g/mol. The van der Waals surface area contributed by atoms with E-state index in [1.807, 2.05) is 19.3 Å². The number of hydrogen-bond donors (Lipinski definition) is 0. The molecule has 0 radical (unpaired) electrons. The van der Waals surface area contributed by atoms with Crippen LogP contribution in [0.4, 0.5) is 0 Å². The molecule has 1 aromatic rings. The fourth-order valence-electron chi connectivity index (χ4n) is 1.51. The van der Waals surface area contributed by atoms with Crippen molar-refractivity contribution in [1.29, 1.82) is 0 Å². The summed E-state index contributed by atoms with van der Waals surface area (Å²) in [5, 5.41) is 7.99. The molecule has 86 valence electrons. The first-order valence-electron chi connectivity index (χ1n) is 5.47. The zero-order valence-corrected chi connectivity index (χ0v) is 10.3. The van der Waals surface area contributed by atoms with Crippen LogP contribution in [0, 0.1) is 0 Å². The van der Waals surface area contributed by atoms with Gasteiger partial charge in [0.1, 0.15) is 0 Å². The Morgan fingerprint density at radius 2 is 2.31 bits per heavy atom. The van der Waals surface area contributed by atoms with Crippen molar-refractivity contribution in [3.05, 3.63) is 47.8 Å². The predicted molar refractivity (Wildman–Crippen MR) is 67.0 cm³/mol. The maximum atomic E-state index is 4.07. The second-order valence-electron chi connectivity index (χ2n) is 3.78. The second kappa shape index (κ2) is 6.05. The summed E-state index contributed by atoms with van der Waals surface area (Å²) in [6.45, 7) is 7.91. The van der Waals surface area contributed by atoms with Crippen molar-refractivity contribution in [2.45, 2.75) is 26.7 Å². The number of nitrogens with zero attached hydrogens (tertiary/aromatic N) is 3. The van der Waals surface area contributed by atoms with Crippen LogP contribution in [0.5, 0.6) is 0 Å². The summed E-state index contributed by atoms with van der Waals surface area (Å²) in [7, 11) is 1.88. The van der Waals surface area contributed by atoms with Crippen molar-refractivity contribution in [1.82, 2.24) is 15.0 Å². The summed E-state index contributed by atoms with van der Waals surface area (Å²) in [6, 6.07) is 0. The van der Waals surface area contributed by atoms with Gasteiger partial charge in [0.05, 0.1) is 5.69 Å². The van der Waals surface area contributed by atoms with E-state index in [0.29, 0.717) is 0 Å². The molecule has 0 aromatic carbocycles. The van der Waals surface area contributed by atoms with E-state index >= 15 is 0 Å². The van der Waals surface area contributed by atoms with Crippen LogP contribution < -0.4 is 0 Å². The summed E-state index contributed by atoms with van der Waals surface area (Å²) in [5.74, 6) is 0. The average Bonchev–Trinajstić information content (AvgIpc) is 2.69. The predicted octanol–water partition coefficient (Wildman–Crippen LogP) is 2.83. The first kappa shape index (κ1) is 12.4. The van der Waals surface area contributed by atoms with Crippen molar-refractivity contribution >= 4 is 0 Å². The van der Waals surface area contributed by atoms with Crippen LogP contribution >= 0.6 is 0 Å². The van der Waals surface area contributed by atoms with Crippen LogP contribution in [0.2, 0.25) is 0 Å². The van der Waals surface area contributed by atoms with Crippen molar-refractivity contribution in [3.8, 4) is 0 Å². The standard InChI is InChI=1S/C13H19N3/c1-5-7-12(11(3)6-2)8-9-13-10-16(4)15-14-13/h5-7,10H,1,8-9H2,2-4H3/b11-6-,12-7-. The van der Waals surface area contributed by atoms with Gasteiger partial charge in [-0.1, -0.05) is 35.6 Å². The van der Waals surface area contributed by atoms with E-state index in [1.54, 1.807) is 4.68 Å². The second-order valence-corrected chi connectivity index (χ2v) is 3.78. The molecule has 0 atom stereocenters. The summed E-state index contributed by atoms with van der Waals surface area (Å²) in [6.07, 6.45) is 9.85. The SMILES string of the molecule is C=C/C=C(CCc1cn(C)nn1)\C(C)=C/C. The van der Waals surface area contributed by atoms with Gasteiger partial charge in [-0.15, -0.1) is 5.10 Å². The third kappa shape index (κ3) is 3.50. The van der Waals surface area contributed by atoms with Gasteiger partial charge in [0.15, 0.2) is 0 Å². The highest BCUT2D eigenvalue weighted by molar-refractivity contribution is 5.31. The van der Waals surface area contributed by atoms with E-state index in [2.05, 4.69) is 42.9 Å². The molecule has 0 unspecified atom stereocenters. The molecule has 0 aliphatic rings. The van der Waals surface area contributed by atoms with Gasteiger partial charge in [-0.3, -0.25) is 4.68 Å². The lowest BCUT2D eigenvalue weighted by molar-refractivity contribution is 0.713. The first-order chi connectivity index (χ1) is 7.67. The third-order valence-corrected chi connectivity index (χ3v) is 2.56. The highest BCUT2D eigenvalue weighted by atomic mass is 15.4. The number of aryl methyl sites for hydroxylation is 2. The van der Waals surface area contributed by atoms with Crippen LogP contribution in [0.15, 0.2) is 42.2 Å². The molecule has 1 rings (SSSR count). The van der Waals surface area contributed by atoms with Crippen molar-refractivity contribution in [2.75, 3.05) is 0 Å². The van der Waals surface area contributed by atoms with Crippen molar-refractivity contribution < 1.29 is 0 Å². The van der Waals surface area contributed by atoms with E-state index in [1.165, 1.54) is 11.1 Å². The smallest absolute Gasteiger partial charge is 0.0830 e. The van der Waals surface area contributed by atoms with Gasteiger partial charge >= 0.3 is 0 Å². The number of hydrogen-bond acceptors (Lipinski definition) is 2. The topological polar surface area (TPSA) is 30.7 Å². The van der Waals surface area contributed by atoms with E-state index in [0.717, 1.165) is 18.5 Å². The molecule has 0 spiro atoms. The highest BCUT2D eigenvalue weighted by Crippen LogP contribution is 2.16. The Balaban J connectivity index is 2.64. The van der Waals surface area contributed by atoms with E-state index in [9.17, 15) is 0 Å². The molecule has 0 N–H and O–H groups in total. The fourth-order valence-corrected chi connectivity index (χ4v) is 1.51. The minimum atomic E-state index is 0.915. The van der Waals surface area contributed by atoms with Crippen LogP contribution in [0.1, 0.15) is 26.0 Å². The molecule has 0 aliphatic heterocycles. The molecule has 1 aromatic heterocycles. The van der Waals surface area contributed by atoms with Crippen LogP contribution in [0.3, 0.4) is 0 Å². The summed E-state index contributed by atoms with van der Waals surface area (Å²) >= 11 is 0. The lowest BCUT2D eigenvalue weighted by Gasteiger charge is -2.05. The van der Waals surface area contributed by atoms with Crippen molar-refractivity contribution in [3.63, 3.8) is 0 Å². The Labute approximate surface area is 97.2 Å². The fraction of sp³-hybridized carbons (Fsp3) is 0.385. The average molecular weight is 217 g/mol. The lowest BCUT2D eigenvalue weighted by atomic mass is 10.0. The Bertz CT molecular complexity index is 411. The molecule has 0 fully saturated rings. The maximum absolute atomic E-state index is 4.07. The first-order valence-corrected chi connectivity index (χ1v) is 5.47. The normalized spacial score (nSPS) is 12.9. The Morgan fingerprint density at radius 3 is 2.81 bits per heavy atom. The molecule has 0 amide bonds. The van der Waals surface area contributed by atoms with E-state index < -0.39 is 0 Å². The number of allylic oxidation sites excluding steroid dienone is 5. The van der Waals surface area contributed by atoms with Crippen LogP contribution in [-0.2, 0) is 13.5 Å². The molecule has 0 bridgehead atoms. The Hall–Kier alpha value is -1.64. The van der Waals surface area contributed by atoms with Gasteiger partial charge in [-0.05, 0) is 32.3 Å². The zero-order chi connectivity index (χ0) is 12.0. The Kier molecular flexibility index (Phi) is 4.70. The minimum absolute atomic E-state index is 0.915. The quantitative estimate of drug-likeness (QED) is 0.710. The monoisotopic (exact) mass is 217 g/mol. The summed E-state index contributed by atoms with van der Waals surface area (Å²) in [4.78, 5) is 0. The zero-order valence-electron chi connectivity index (χ0n) is 10.3. The number of rotatable bonds is 5. The maximum Gasteiger partial charge on any atom is 0.0830 e. The molecular formula is C13H19N3. The highest BCUT2D eigenvalue weighted by Gasteiger charge is 2.02. The van der Waals surface area contributed by atoms with Gasteiger partial charge in [0.25, 0.3) is 0 Å². The molecule has 0 aliphatic carbocycles.